The molecule has 0 unspecified atom stereocenters. The molecular weight excluding hydrogens is 205 g/mol. The summed E-state index contributed by atoms with van der Waals surface area (Å²) in [5, 5.41) is 0. The van der Waals surface area contributed by atoms with Gasteiger partial charge in [0.2, 0.25) is 0 Å². The zero-order valence-electron chi connectivity index (χ0n) is 6.93. The Morgan fingerprint density at radius 1 is 1.31 bits per heavy atom. The van der Waals surface area contributed by atoms with Gasteiger partial charge in [0, 0.05) is 11.9 Å². The predicted molar refractivity (Wildman–Crippen MR) is 46.2 cm³/mol. The van der Waals surface area contributed by atoms with Crippen LogP contribution < -0.4 is 6.15 Å². The second-order valence-corrected chi connectivity index (χ2v) is 2.18. The predicted octanol–water partition coefficient (Wildman–Crippen LogP) is 2.99. The molecule has 6 heteroatoms. The largest absolute Gasteiger partial charge is 0.416 e. The maximum atomic E-state index is 11.9. The molecule has 0 saturated heterocycles. The molecule has 0 fully saturated rings. The van der Waals surface area contributed by atoms with E-state index in [1.54, 1.807) is 0 Å². The number of aromatic nitrogens is 1. The normalized spacial score (nSPS) is 9.85. The molecule has 1 rings (SSSR count). The van der Waals surface area contributed by atoms with Gasteiger partial charge in [0.1, 0.15) is 0 Å². The van der Waals surface area contributed by atoms with E-state index in [1.165, 1.54) is 6.92 Å². The third-order valence-electron chi connectivity index (χ3n) is 1.22. The van der Waals surface area contributed by atoms with Crippen LogP contribution in [0.4, 0.5) is 13.2 Å². The molecule has 13 heavy (non-hydrogen) atoms. The summed E-state index contributed by atoms with van der Waals surface area (Å²) in [6.07, 6.45) is -3.11. The van der Waals surface area contributed by atoms with Gasteiger partial charge in [-0.1, -0.05) is 0 Å². The molecule has 0 atom stereocenters. The van der Waals surface area contributed by atoms with E-state index >= 15 is 0 Å². The van der Waals surface area contributed by atoms with Gasteiger partial charge in [-0.3, -0.25) is 4.98 Å². The monoisotopic (exact) mass is 214 g/mol. The minimum Gasteiger partial charge on any atom is -0.344 e. The highest BCUT2D eigenvalue weighted by atomic mass is 35.5. The van der Waals surface area contributed by atoms with E-state index in [2.05, 4.69) is 4.98 Å². The van der Waals surface area contributed by atoms with Crippen LogP contribution in [0, 0.1) is 6.92 Å². The molecule has 0 spiro atoms. The van der Waals surface area contributed by atoms with Gasteiger partial charge in [-0.15, -0.1) is 12.4 Å². The minimum absolute atomic E-state index is 0. The van der Waals surface area contributed by atoms with Crippen LogP contribution >= 0.6 is 12.4 Å². The first kappa shape index (κ1) is 14.7. The summed E-state index contributed by atoms with van der Waals surface area (Å²) in [5.74, 6) is 0. The van der Waals surface area contributed by atoms with Crippen molar-refractivity contribution in [1.82, 2.24) is 11.1 Å². The number of aryl methyl sites for hydroxylation is 1. The van der Waals surface area contributed by atoms with Crippen LogP contribution in [0.15, 0.2) is 18.3 Å². The lowest BCUT2D eigenvalue weighted by molar-refractivity contribution is -0.137. The summed E-state index contributed by atoms with van der Waals surface area (Å²) < 4.78 is 35.8. The number of nitrogens with zero attached hydrogens (tertiary/aromatic N) is 1. The van der Waals surface area contributed by atoms with Crippen LogP contribution in [0.3, 0.4) is 0 Å². The van der Waals surface area contributed by atoms with Crippen molar-refractivity contribution in [3.05, 3.63) is 29.6 Å². The molecule has 0 aliphatic heterocycles. The van der Waals surface area contributed by atoms with Gasteiger partial charge in [-0.25, -0.2) is 0 Å². The lowest BCUT2D eigenvalue weighted by Gasteiger charge is -2.05. The van der Waals surface area contributed by atoms with Crippen molar-refractivity contribution in [2.45, 2.75) is 13.1 Å². The Morgan fingerprint density at radius 3 is 2.15 bits per heavy atom. The fourth-order valence-electron chi connectivity index (χ4n) is 0.722. The van der Waals surface area contributed by atoms with E-state index in [0.717, 1.165) is 18.3 Å². The van der Waals surface area contributed by atoms with Gasteiger partial charge in [0.05, 0.1) is 5.56 Å². The molecule has 0 saturated carbocycles. The highest BCUT2D eigenvalue weighted by Crippen LogP contribution is 2.28. The molecule has 1 aromatic rings. The van der Waals surface area contributed by atoms with Crippen molar-refractivity contribution in [3.8, 4) is 0 Å². The highest BCUT2D eigenvalue weighted by Gasteiger charge is 2.30. The van der Waals surface area contributed by atoms with E-state index in [9.17, 15) is 13.2 Å². The second-order valence-electron chi connectivity index (χ2n) is 2.18. The Kier molecular flexibility index (Phi) is 5.69. The minimum atomic E-state index is -4.26. The standard InChI is InChI=1S/C7H6F3N.ClH.H3N/c1-5-4-6(2-3-11-5)7(8,9)10;;/h2-4H,1H3;1H;1H3. The summed E-state index contributed by atoms with van der Waals surface area (Å²) in [7, 11) is 0. The van der Waals surface area contributed by atoms with Crippen LogP contribution in [0.2, 0.25) is 0 Å². The van der Waals surface area contributed by atoms with Crippen LogP contribution in [0.1, 0.15) is 11.3 Å². The maximum absolute atomic E-state index is 11.9. The second kappa shape index (κ2) is 5.04. The Labute approximate surface area is 80.2 Å². The average Bonchev–Trinajstić information content (AvgIpc) is 1.86. The lowest BCUT2D eigenvalue weighted by atomic mass is 10.2. The molecule has 0 amide bonds. The molecule has 1 heterocycles. The summed E-state index contributed by atoms with van der Waals surface area (Å²) in [6, 6.07) is 1.97. The first-order valence-corrected chi connectivity index (χ1v) is 3.00. The van der Waals surface area contributed by atoms with Gasteiger partial charge in [-0.2, -0.15) is 13.2 Å². The quantitative estimate of drug-likeness (QED) is 0.722. The zero-order valence-corrected chi connectivity index (χ0v) is 7.75. The van der Waals surface area contributed by atoms with Gasteiger partial charge in [0.15, 0.2) is 0 Å². The van der Waals surface area contributed by atoms with E-state index in [-0.39, 0.29) is 18.6 Å². The highest BCUT2D eigenvalue weighted by molar-refractivity contribution is 5.85. The first-order valence-electron chi connectivity index (χ1n) is 3.00. The molecular formula is C7H10ClF3N2. The van der Waals surface area contributed by atoms with Crippen molar-refractivity contribution < 1.29 is 13.2 Å². The Balaban J connectivity index is 0. The summed E-state index contributed by atoms with van der Waals surface area (Å²) >= 11 is 0. The van der Waals surface area contributed by atoms with E-state index in [0.29, 0.717) is 5.69 Å². The molecule has 0 radical (unpaired) electrons. The molecule has 0 aliphatic carbocycles. The van der Waals surface area contributed by atoms with Gasteiger partial charge >= 0.3 is 6.18 Å². The van der Waals surface area contributed by atoms with Gasteiger partial charge in [-0.05, 0) is 19.1 Å². The van der Waals surface area contributed by atoms with Crippen LogP contribution in [0.5, 0.6) is 0 Å². The van der Waals surface area contributed by atoms with Crippen molar-refractivity contribution in [1.29, 1.82) is 0 Å². The number of halogens is 4. The number of hydrogen-bond acceptors (Lipinski definition) is 2. The molecule has 0 aliphatic rings. The van der Waals surface area contributed by atoms with Crippen LogP contribution in [-0.4, -0.2) is 4.98 Å². The fraction of sp³-hybridized carbons (Fsp3) is 0.286. The summed E-state index contributed by atoms with van der Waals surface area (Å²) in [5.41, 5.74) is -0.273. The molecule has 1 aromatic heterocycles. The van der Waals surface area contributed by atoms with E-state index in [1.807, 2.05) is 0 Å². The topological polar surface area (TPSA) is 47.9 Å². The first-order chi connectivity index (χ1) is 5.00. The van der Waals surface area contributed by atoms with Crippen LogP contribution in [-0.2, 0) is 6.18 Å². The molecule has 2 nitrogen and oxygen atoms in total. The average molecular weight is 215 g/mol. The maximum Gasteiger partial charge on any atom is 0.416 e. The van der Waals surface area contributed by atoms with Crippen molar-refractivity contribution in [2.75, 3.05) is 0 Å². The van der Waals surface area contributed by atoms with Crippen molar-refractivity contribution >= 4 is 12.4 Å². The smallest absolute Gasteiger partial charge is 0.344 e. The van der Waals surface area contributed by atoms with Gasteiger partial charge in [0.25, 0.3) is 0 Å². The molecule has 3 N–H and O–H groups in total. The third-order valence-corrected chi connectivity index (χ3v) is 1.22. The Morgan fingerprint density at radius 2 is 1.85 bits per heavy atom. The SMILES string of the molecule is Cc1cc(C(F)(F)F)ccn1.Cl.N. The number of pyridine rings is 1. The fourth-order valence-corrected chi connectivity index (χ4v) is 0.722. The molecule has 0 aromatic carbocycles. The third kappa shape index (κ3) is 4.10. The van der Waals surface area contributed by atoms with Crippen molar-refractivity contribution in [2.24, 2.45) is 0 Å². The molecule has 0 bridgehead atoms. The lowest BCUT2D eigenvalue weighted by Crippen LogP contribution is -2.05. The number of hydrogen-bond donors (Lipinski definition) is 1. The number of alkyl halides is 3. The Hall–Kier alpha value is -0.810. The van der Waals surface area contributed by atoms with E-state index < -0.39 is 11.7 Å². The van der Waals surface area contributed by atoms with Crippen LogP contribution in [0.25, 0.3) is 0 Å². The summed E-state index contributed by atoms with van der Waals surface area (Å²) in [4.78, 5) is 3.65. The molecule has 76 valence electrons. The zero-order chi connectivity index (χ0) is 8.48. The summed E-state index contributed by atoms with van der Waals surface area (Å²) in [6.45, 7) is 1.52. The number of rotatable bonds is 0. The van der Waals surface area contributed by atoms with E-state index in [4.69, 9.17) is 0 Å². The Bertz CT molecular complexity index is 262. The van der Waals surface area contributed by atoms with Crippen molar-refractivity contribution in [3.63, 3.8) is 0 Å². The van der Waals surface area contributed by atoms with Gasteiger partial charge < -0.3 is 6.15 Å².